The van der Waals surface area contributed by atoms with Crippen LogP contribution in [-0.4, -0.2) is 52.5 Å². The minimum Gasteiger partial charge on any atom is -0.478 e. The van der Waals surface area contributed by atoms with Gasteiger partial charge in [0.2, 0.25) is 0 Å². The first-order chi connectivity index (χ1) is 17.0. The van der Waals surface area contributed by atoms with Crippen molar-refractivity contribution in [1.29, 1.82) is 0 Å². The molecule has 2 N–H and O–H groups in total. The van der Waals surface area contributed by atoms with E-state index < -0.39 is 5.97 Å². The van der Waals surface area contributed by atoms with E-state index >= 15 is 0 Å². The maximum Gasteiger partial charge on any atom is 0.335 e. The second kappa shape index (κ2) is 9.35. The van der Waals surface area contributed by atoms with Crippen molar-refractivity contribution in [3.63, 3.8) is 0 Å². The number of carbonyl (C=O) groups excluding carboxylic acids is 1. The predicted octanol–water partition coefficient (Wildman–Crippen LogP) is 4.39. The van der Waals surface area contributed by atoms with Gasteiger partial charge >= 0.3 is 5.97 Å². The normalized spacial score (nSPS) is 13.8. The highest BCUT2D eigenvalue weighted by Gasteiger charge is 2.29. The number of benzene rings is 2. The summed E-state index contributed by atoms with van der Waals surface area (Å²) in [5.74, 6) is -1.45. The SMILES string of the molecule is Cc1c(F)cccc1Cc1c(-c2ccccc2)c2cc(C(=O)O)ccn2c1C(=O)N1CCNCC1. The molecular formula is C28H26FN3O3. The molecule has 6 nitrogen and oxygen atoms in total. The first-order valence-corrected chi connectivity index (χ1v) is 11.7. The number of amides is 1. The van der Waals surface area contributed by atoms with Crippen LogP contribution in [-0.2, 0) is 6.42 Å². The van der Waals surface area contributed by atoms with Crippen LogP contribution in [0.5, 0.6) is 0 Å². The fourth-order valence-corrected chi connectivity index (χ4v) is 4.82. The molecule has 0 spiro atoms. The Morgan fingerprint density at radius 1 is 1.03 bits per heavy atom. The van der Waals surface area contributed by atoms with Crippen LogP contribution in [0.4, 0.5) is 4.39 Å². The number of fused-ring (bicyclic) bond motifs is 1. The van der Waals surface area contributed by atoms with Gasteiger partial charge in [0.15, 0.2) is 0 Å². The molecule has 0 radical (unpaired) electrons. The van der Waals surface area contributed by atoms with Gasteiger partial charge in [0.1, 0.15) is 11.5 Å². The largest absolute Gasteiger partial charge is 0.478 e. The Morgan fingerprint density at radius 3 is 2.49 bits per heavy atom. The molecule has 3 heterocycles. The van der Waals surface area contributed by atoms with Gasteiger partial charge in [-0.25, -0.2) is 9.18 Å². The second-order valence-corrected chi connectivity index (χ2v) is 8.79. The molecule has 0 atom stereocenters. The average Bonchev–Trinajstić information content (AvgIpc) is 3.20. The van der Waals surface area contributed by atoms with Crippen molar-refractivity contribution in [1.82, 2.24) is 14.6 Å². The third kappa shape index (κ3) is 4.19. The molecule has 4 aromatic rings. The van der Waals surface area contributed by atoms with E-state index in [0.717, 1.165) is 22.3 Å². The Hall–Kier alpha value is -3.97. The van der Waals surface area contributed by atoms with Crippen LogP contribution >= 0.6 is 0 Å². The zero-order valence-corrected chi connectivity index (χ0v) is 19.4. The first kappa shape index (κ1) is 22.8. The predicted molar refractivity (Wildman–Crippen MR) is 133 cm³/mol. The summed E-state index contributed by atoms with van der Waals surface area (Å²) in [6, 6.07) is 17.7. The Kier molecular flexibility index (Phi) is 6.09. The van der Waals surface area contributed by atoms with E-state index in [1.807, 2.05) is 41.3 Å². The van der Waals surface area contributed by atoms with E-state index in [1.54, 1.807) is 29.7 Å². The smallest absolute Gasteiger partial charge is 0.335 e. The van der Waals surface area contributed by atoms with E-state index in [9.17, 15) is 19.1 Å². The number of halogens is 1. The summed E-state index contributed by atoms with van der Waals surface area (Å²) >= 11 is 0. The average molecular weight is 472 g/mol. The van der Waals surface area contributed by atoms with Crippen LogP contribution in [0.2, 0.25) is 0 Å². The highest BCUT2D eigenvalue weighted by Crippen LogP contribution is 2.37. The summed E-state index contributed by atoms with van der Waals surface area (Å²) < 4.78 is 16.2. The molecule has 0 bridgehead atoms. The molecule has 7 heteroatoms. The van der Waals surface area contributed by atoms with Crippen molar-refractivity contribution in [2.75, 3.05) is 26.2 Å². The topological polar surface area (TPSA) is 74.0 Å². The molecule has 1 aliphatic heterocycles. The van der Waals surface area contributed by atoms with Gasteiger partial charge < -0.3 is 19.7 Å². The number of carboxylic acid groups (broad SMARTS) is 1. The summed E-state index contributed by atoms with van der Waals surface area (Å²) in [5.41, 5.74) is 5.00. The molecule has 1 saturated heterocycles. The number of hydrogen-bond donors (Lipinski definition) is 2. The standard InChI is InChI=1S/C28H26FN3O3/c1-18-20(8-5-9-23(18)29)16-22-25(19-6-3-2-4-7-19)24-17-21(28(34)35)10-13-32(24)26(22)27(33)31-14-11-30-12-15-31/h2-10,13,17,30H,11-12,14-16H2,1H3,(H,34,35). The lowest BCUT2D eigenvalue weighted by atomic mass is 9.93. The first-order valence-electron chi connectivity index (χ1n) is 11.7. The van der Waals surface area contributed by atoms with Crippen molar-refractivity contribution >= 4 is 17.4 Å². The molecule has 5 rings (SSSR count). The molecule has 178 valence electrons. The van der Waals surface area contributed by atoms with Crippen molar-refractivity contribution in [2.24, 2.45) is 0 Å². The number of carboxylic acids is 1. The van der Waals surface area contributed by atoms with E-state index in [4.69, 9.17) is 0 Å². The van der Waals surface area contributed by atoms with Crippen LogP contribution < -0.4 is 5.32 Å². The van der Waals surface area contributed by atoms with Gasteiger partial charge in [-0.2, -0.15) is 0 Å². The molecule has 2 aromatic carbocycles. The Balaban J connectivity index is 1.81. The Morgan fingerprint density at radius 2 is 1.77 bits per heavy atom. The monoisotopic (exact) mass is 471 g/mol. The summed E-state index contributed by atoms with van der Waals surface area (Å²) in [5, 5.41) is 12.9. The number of pyridine rings is 1. The maximum absolute atomic E-state index is 14.4. The Bertz CT molecular complexity index is 1420. The fourth-order valence-electron chi connectivity index (χ4n) is 4.82. The minimum atomic E-state index is -1.04. The van der Waals surface area contributed by atoms with Gasteiger partial charge in [0.25, 0.3) is 5.91 Å². The number of hydrogen-bond acceptors (Lipinski definition) is 3. The molecule has 0 saturated carbocycles. The van der Waals surface area contributed by atoms with Gasteiger partial charge in [0.05, 0.1) is 11.1 Å². The van der Waals surface area contributed by atoms with E-state index in [2.05, 4.69) is 5.32 Å². The van der Waals surface area contributed by atoms with E-state index in [0.29, 0.717) is 49.4 Å². The van der Waals surface area contributed by atoms with Gasteiger partial charge in [-0.15, -0.1) is 0 Å². The second-order valence-electron chi connectivity index (χ2n) is 8.79. The number of carbonyl (C=O) groups is 2. The summed E-state index contributed by atoms with van der Waals surface area (Å²) in [4.78, 5) is 27.6. The lowest BCUT2D eigenvalue weighted by molar-refractivity contribution is 0.0695. The zero-order valence-electron chi connectivity index (χ0n) is 19.4. The number of rotatable bonds is 5. The van der Waals surface area contributed by atoms with E-state index in [1.165, 1.54) is 12.1 Å². The molecule has 0 unspecified atom stereocenters. The van der Waals surface area contributed by atoms with Crippen LogP contribution in [0.25, 0.3) is 16.6 Å². The molecule has 2 aromatic heterocycles. The number of aromatic carboxylic acids is 1. The van der Waals surface area contributed by atoms with Crippen LogP contribution in [0.1, 0.15) is 37.5 Å². The van der Waals surface area contributed by atoms with Gasteiger partial charge in [-0.3, -0.25) is 4.79 Å². The van der Waals surface area contributed by atoms with Gasteiger partial charge in [-0.1, -0.05) is 42.5 Å². The quantitative estimate of drug-likeness (QED) is 0.453. The minimum absolute atomic E-state index is 0.115. The summed E-state index contributed by atoms with van der Waals surface area (Å²) in [6.07, 6.45) is 1.99. The summed E-state index contributed by atoms with van der Waals surface area (Å²) in [6.45, 7) is 4.32. The van der Waals surface area contributed by atoms with Gasteiger partial charge in [0, 0.05) is 44.4 Å². The van der Waals surface area contributed by atoms with E-state index in [-0.39, 0.29) is 17.3 Å². The van der Waals surface area contributed by atoms with Crippen molar-refractivity contribution < 1.29 is 19.1 Å². The molecule has 1 aliphatic rings. The molecule has 1 amide bonds. The summed E-state index contributed by atoms with van der Waals surface area (Å²) in [7, 11) is 0. The lowest BCUT2D eigenvalue weighted by Crippen LogP contribution is -2.46. The third-order valence-corrected chi connectivity index (χ3v) is 6.70. The highest BCUT2D eigenvalue weighted by molar-refractivity contribution is 6.02. The highest BCUT2D eigenvalue weighted by atomic mass is 19.1. The zero-order chi connectivity index (χ0) is 24.5. The molecular weight excluding hydrogens is 445 g/mol. The fraction of sp³-hybridized carbons (Fsp3) is 0.214. The third-order valence-electron chi connectivity index (χ3n) is 6.70. The number of nitrogens with one attached hydrogen (secondary N) is 1. The molecule has 0 aliphatic carbocycles. The Labute approximate surface area is 202 Å². The number of piperazine rings is 1. The van der Waals surface area contributed by atoms with Crippen LogP contribution in [0, 0.1) is 12.7 Å². The van der Waals surface area contributed by atoms with Crippen molar-refractivity contribution in [3.8, 4) is 11.1 Å². The van der Waals surface area contributed by atoms with Gasteiger partial charge in [-0.05, 0) is 47.4 Å². The lowest BCUT2D eigenvalue weighted by Gasteiger charge is -2.28. The van der Waals surface area contributed by atoms with Crippen molar-refractivity contribution in [2.45, 2.75) is 13.3 Å². The molecule has 1 fully saturated rings. The number of aromatic nitrogens is 1. The van der Waals surface area contributed by atoms with Crippen molar-refractivity contribution in [3.05, 3.63) is 101 Å². The van der Waals surface area contributed by atoms with Crippen LogP contribution in [0.15, 0.2) is 66.9 Å². The van der Waals surface area contributed by atoms with Crippen LogP contribution in [0.3, 0.4) is 0 Å². The number of nitrogens with zero attached hydrogens (tertiary/aromatic N) is 2. The molecule has 35 heavy (non-hydrogen) atoms. The maximum atomic E-state index is 14.4.